The lowest BCUT2D eigenvalue weighted by atomic mass is 9.96. The normalized spacial score (nSPS) is 14.0. The van der Waals surface area contributed by atoms with Crippen LogP contribution in [-0.4, -0.2) is 120 Å². The van der Waals surface area contributed by atoms with E-state index >= 15 is 0 Å². The number of allylic oxidation sites excluding steroid dienone is 2. The second kappa shape index (κ2) is 18.6. The Labute approximate surface area is 393 Å². The molecule has 0 unspecified atom stereocenters. The van der Waals surface area contributed by atoms with Crippen molar-refractivity contribution in [1.82, 2.24) is 58.4 Å². The van der Waals surface area contributed by atoms with Crippen molar-refractivity contribution >= 4 is 74.5 Å². The third kappa shape index (κ3) is 8.90. The number of nitrogens with zero attached hydrogens (tertiary/aromatic N) is 12. The third-order valence-electron chi connectivity index (χ3n) is 12.2. The van der Waals surface area contributed by atoms with E-state index in [1.54, 1.807) is 45.5 Å². The molecule has 22 nitrogen and oxygen atoms in total. The third-order valence-corrected chi connectivity index (χ3v) is 12.2. The number of nitrogens with one attached hydrogen (secondary N) is 1. The Kier molecular flexibility index (Phi) is 12.3. The molecule has 0 saturated carbocycles. The summed E-state index contributed by atoms with van der Waals surface area (Å²) in [5.74, 6) is -1.57. The zero-order valence-corrected chi connectivity index (χ0v) is 38.4. The Morgan fingerprint density at radius 2 is 1.49 bits per heavy atom. The number of imidazole rings is 1. The summed E-state index contributed by atoms with van der Waals surface area (Å²) in [6.07, 6.45) is 9.92. The van der Waals surface area contributed by atoms with Crippen molar-refractivity contribution in [3.8, 4) is 17.3 Å². The Morgan fingerprint density at radius 3 is 2.20 bits per heavy atom. The number of benzene rings is 1. The number of pyridine rings is 1. The summed E-state index contributed by atoms with van der Waals surface area (Å²) < 4.78 is 13.6. The van der Waals surface area contributed by atoms with Gasteiger partial charge >= 0.3 is 0 Å². The summed E-state index contributed by atoms with van der Waals surface area (Å²) in [6, 6.07) is 8.45. The van der Waals surface area contributed by atoms with E-state index in [1.165, 1.54) is 24.4 Å². The molecule has 7 aromatic rings. The average molecular weight is 936 g/mol. The molecule has 9 rings (SSSR count). The molecule has 1 saturated heterocycles. The number of hydrogen-bond donors (Lipinski definition) is 3. The number of carbonyl (C=O) groups is 6. The van der Waals surface area contributed by atoms with E-state index in [0.29, 0.717) is 88.7 Å². The first-order valence-electron chi connectivity index (χ1n) is 22.5. The molecule has 1 aromatic carbocycles. The number of ether oxygens (including phenoxy) is 1. The van der Waals surface area contributed by atoms with E-state index in [0.717, 1.165) is 16.3 Å². The molecular formula is C47H49N15O7. The van der Waals surface area contributed by atoms with Crippen molar-refractivity contribution in [3.63, 3.8) is 0 Å². The molecule has 5 N–H and O–H groups in total. The molecule has 6 aromatic heterocycles. The number of fused-ring (bicyclic) bond motifs is 4. The van der Waals surface area contributed by atoms with Gasteiger partial charge < -0.3 is 25.7 Å². The van der Waals surface area contributed by atoms with Crippen molar-refractivity contribution in [2.75, 3.05) is 31.6 Å². The van der Waals surface area contributed by atoms with Crippen LogP contribution in [0.2, 0.25) is 0 Å². The van der Waals surface area contributed by atoms with Crippen LogP contribution in [0, 0.1) is 19.8 Å². The molecule has 0 radical (unpaired) electrons. The summed E-state index contributed by atoms with van der Waals surface area (Å²) >= 11 is 0. The standard InChI is InChI=1S/C47H49N15O7/c1-5-61-34(17-26(3)55-61)43-50-23-32-31-19-29(41(48)66)21-36(69-16-12-28-24-57(25-28)37(63)11-15-58-38(64)9-10-39(58)65)40(31)59(44(32)53-43)13-7-8-14-60-45-33(20-30(22-51-45)42(49)67)52-47(60)54-46(68)35-18-27(4)56-62(35)6-2/h7-10,17-23,28H,5-6,11-16,24-25H2,1-4H3,(H2,48,66)(H2,49,67)(H,52,54,68)/b8-7+. The quantitative estimate of drug-likeness (QED) is 0.0824. The summed E-state index contributed by atoms with van der Waals surface area (Å²) in [6.45, 7) is 10.4. The van der Waals surface area contributed by atoms with Crippen LogP contribution in [0.3, 0.4) is 0 Å². The fourth-order valence-corrected chi connectivity index (χ4v) is 8.70. The molecule has 8 heterocycles. The van der Waals surface area contributed by atoms with Crippen LogP contribution in [-0.2, 0) is 40.6 Å². The summed E-state index contributed by atoms with van der Waals surface area (Å²) in [5.41, 5.74) is 16.4. The van der Waals surface area contributed by atoms with Crippen LogP contribution < -0.4 is 21.5 Å². The second-order valence-corrected chi connectivity index (χ2v) is 16.9. The average Bonchev–Trinajstić information content (AvgIpc) is 4.13. The van der Waals surface area contributed by atoms with Gasteiger partial charge in [-0.2, -0.15) is 10.2 Å². The van der Waals surface area contributed by atoms with Crippen molar-refractivity contribution < 1.29 is 33.5 Å². The number of imide groups is 1. The van der Waals surface area contributed by atoms with Crippen LogP contribution in [0.25, 0.3) is 44.6 Å². The Balaban J connectivity index is 1.02. The van der Waals surface area contributed by atoms with Gasteiger partial charge in [0.05, 0.1) is 29.1 Å². The van der Waals surface area contributed by atoms with E-state index in [2.05, 4.69) is 25.5 Å². The topological polar surface area (TPSA) is 279 Å². The second-order valence-electron chi connectivity index (χ2n) is 16.9. The molecule has 22 heteroatoms. The first-order chi connectivity index (χ1) is 33.2. The number of rotatable bonds is 18. The van der Waals surface area contributed by atoms with Gasteiger partial charge in [0.25, 0.3) is 17.7 Å². The van der Waals surface area contributed by atoms with Gasteiger partial charge in [-0.05, 0) is 70.4 Å². The van der Waals surface area contributed by atoms with Gasteiger partial charge in [-0.25, -0.2) is 19.9 Å². The minimum absolute atomic E-state index is 0.0274. The molecule has 0 atom stereocenters. The highest BCUT2D eigenvalue weighted by Crippen LogP contribution is 2.37. The molecule has 2 aliphatic rings. The fraction of sp³-hybridized carbons (Fsp3) is 0.319. The minimum atomic E-state index is -0.672. The maximum absolute atomic E-state index is 13.6. The largest absolute Gasteiger partial charge is 0.491 e. The number of likely N-dealkylation sites (tertiary alicyclic amines) is 1. The Bertz CT molecular complexity index is 3300. The van der Waals surface area contributed by atoms with E-state index in [4.69, 9.17) is 26.2 Å². The summed E-state index contributed by atoms with van der Waals surface area (Å²) in [7, 11) is 0. The van der Waals surface area contributed by atoms with Gasteiger partial charge in [-0.15, -0.1) is 0 Å². The van der Waals surface area contributed by atoms with Crippen molar-refractivity contribution in [1.29, 1.82) is 0 Å². The number of nitrogens with two attached hydrogens (primary N) is 2. The van der Waals surface area contributed by atoms with Gasteiger partial charge in [0, 0.05) is 93.1 Å². The molecule has 1 fully saturated rings. The lowest BCUT2D eigenvalue weighted by Crippen LogP contribution is -2.51. The first-order valence-corrected chi connectivity index (χ1v) is 22.5. The summed E-state index contributed by atoms with van der Waals surface area (Å²) in [5, 5.41) is 13.2. The molecule has 2 aliphatic heterocycles. The smallest absolute Gasteiger partial charge is 0.276 e. The lowest BCUT2D eigenvalue weighted by Gasteiger charge is -2.39. The highest BCUT2D eigenvalue weighted by atomic mass is 16.5. The maximum atomic E-state index is 13.6. The SMILES string of the molecule is CCn1nc(C)cc1C(=O)Nc1nc2cc(C(N)=O)cnc2n1C/C=C/Cn1c2nc(-c3cc(C)nn3CC)ncc2c2cc(C(N)=O)cc(OCCC3CN(C(=O)CCN4C(=O)C=CC4=O)C3)c21. The highest BCUT2D eigenvalue weighted by molar-refractivity contribution is 6.13. The summed E-state index contributed by atoms with van der Waals surface area (Å²) in [4.78, 5) is 97.0. The molecule has 69 heavy (non-hydrogen) atoms. The monoisotopic (exact) mass is 935 g/mol. The van der Waals surface area contributed by atoms with Gasteiger partial charge in [0.15, 0.2) is 11.5 Å². The number of aromatic nitrogens is 10. The number of hydrogen-bond acceptors (Lipinski definition) is 13. The molecule has 0 aliphatic carbocycles. The van der Waals surface area contributed by atoms with Gasteiger partial charge in [0.2, 0.25) is 23.7 Å². The lowest BCUT2D eigenvalue weighted by molar-refractivity contribution is -0.140. The Hall–Kier alpha value is -8.56. The molecule has 6 amide bonds. The molecule has 0 bridgehead atoms. The minimum Gasteiger partial charge on any atom is -0.491 e. The van der Waals surface area contributed by atoms with Crippen molar-refractivity contribution in [3.05, 3.63) is 95.2 Å². The van der Waals surface area contributed by atoms with Gasteiger partial charge in [-0.3, -0.25) is 52.9 Å². The molecule has 0 spiro atoms. The number of carbonyl (C=O) groups excluding carboxylic acids is 6. The zero-order valence-electron chi connectivity index (χ0n) is 38.4. The zero-order chi connectivity index (χ0) is 48.7. The van der Waals surface area contributed by atoms with E-state index in [9.17, 15) is 28.8 Å². The number of primary amides is 2. The van der Waals surface area contributed by atoms with Gasteiger partial charge in [-0.1, -0.05) is 12.2 Å². The van der Waals surface area contributed by atoms with Crippen LogP contribution in [0.4, 0.5) is 5.95 Å². The Morgan fingerprint density at radius 1 is 0.797 bits per heavy atom. The van der Waals surface area contributed by atoms with Crippen LogP contribution in [0.1, 0.15) is 69.3 Å². The van der Waals surface area contributed by atoms with Crippen LogP contribution in [0.5, 0.6) is 5.75 Å². The van der Waals surface area contributed by atoms with Crippen molar-refractivity contribution in [2.45, 2.75) is 66.7 Å². The predicted molar refractivity (Wildman–Crippen MR) is 252 cm³/mol. The van der Waals surface area contributed by atoms with E-state index in [1.807, 2.05) is 48.2 Å². The highest BCUT2D eigenvalue weighted by Gasteiger charge is 2.32. The van der Waals surface area contributed by atoms with Crippen LogP contribution >= 0.6 is 0 Å². The first kappa shape index (κ1) is 45.6. The predicted octanol–water partition coefficient (Wildman–Crippen LogP) is 3.29. The van der Waals surface area contributed by atoms with E-state index in [-0.39, 0.29) is 61.6 Å². The molecule has 354 valence electrons. The van der Waals surface area contributed by atoms with Gasteiger partial charge in [0.1, 0.15) is 28.3 Å². The van der Waals surface area contributed by atoms with Crippen molar-refractivity contribution in [2.24, 2.45) is 17.4 Å². The number of anilines is 1. The van der Waals surface area contributed by atoms with E-state index < -0.39 is 29.5 Å². The number of aryl methyl sites for hydroxylation is 4. The number of amides is 6. The maximum Gasteiger partial charge on any atom is 0.276 e. The fourth-order valence-electron chi connectivity index (χ4n) is 8.70. The molecular weight excluding hydrogens is 887 g/mol. The van der Waals surface area contributed by atoms with Crippen LogP contribution in [0.15, 0.2) is 67.0 Å².